The Kier molecular flexibility index (Phi) is 11.4. The molecule has 0 aliphatic heterocycles. The second-order valence-electron chi connectivity index (χ2n) is 11.0. The molecule has 0 spiro atoms. The summed E-state index contributed by atoms with van der Waals surface area (Å²) in [4.78, 5) is 41.7. The third-order valence-electron chi connectivity index (χ3n) is 7.57. The fourth-order valence-corrected chi connectivity index (χ4v) is 5.05. The first-order valence-corrected chi connectivity index (χ1v) is 15.7. The number of nitrogens with two attached hydrogens (primary N) is 2. The molecular weight excluding hydrogens is 650 g/mol. The Hall–Kier alpha value is -6.23. The smallest absolute Gasteiger partial charge is 0.251 e. The van der Waals surface area contributed by atoms with E-state index in [9.17, 15) is 9.59 Å². The summed E-state index contributed by atoms with van der Waals surface area (Å²) in [5, 5.41) is 18.5. The Morgan fingerprint density at radius 2 is 1.82 bits per heavy atom. The molecule has 2 amide bonds. The van der Waals surface area contributed by atoms with Gasteiger partial charge in [-0.05, 0) is 55.2 Å². The summed E-state index contributed by atoms with van der Waals surface area (Å²) in [6.07, 6.45) is 8.69. The Bertz CT molecular complexity index is 1990. The number of hydrogen-bond donors (Lipinski definition) is 7. The molecule has 260 valence electrons. The average molecular weight is 687 g/mol. The molecule has 17 heteroatoms. The quantitative estimate of drug-likeness (QED) is 0.0482. The van der Waals surface area contributed by atoms with Crippen LogP contribution in [0.3, 0.4) is 0 Å². The first-order valence-electron chi connectivity index (χ1n) is 15.7. The summed E-state index contributed by atoms with van der Waals surface area (Å²) in [5.41, 5.74) is 13.6. The van der Waals surface area contributed by atoms with Crippen molar-refractivity contribution >= 4 is 34.9 Å². The van der Waals surface area contributed by atoms with Crippen LogP contribution >= 0.6 is 0 Å². The van der Waals surface area contributed by atoms with Gasteiger partial charge >= 0.3 is 0 Å². The minimum absolute atomic E-state index is 0.0352. The van der Waals surface area contributed by atoms with E-state index in [1.807, 2.05) is 13.0 Å². The van der Waals surface area contributed by atoms with Crippen molar-refractivity contribution < 1.29 is 23.1 Å². The molecule has 5 aromatic rings. The van der Waals surface area contributed by atoms with Crippen LogP contribution in [0, 0.1) is 17.0 Å². The van der Waals surface area contributed by atoms with Crippen LogP contribution < -0.4 is 37.5 Å². The maximum atomic E-state index is 15.3. The number of fused-ring (bicyclic) bond motifs is 1. The van der Waals surface area contributed by atoms with E-state index in [0.717, 1.165) is 5.56 Å². The molecule has 0 bridgehead atoms. The standard InChI is InChI=1S/C33H36F2N12O3/c1-2-19-16-20(5-6-21(19)31(48)41-12-13-42-32(49)23(36)4-3-10-43-33(37)38)46-29-30-44-17-24(47(30)15-14-40-29)22-7-8-25(28(35)27(22)34)50-26-9-11-39-18-45-26/h5-9,11,14-18,23H,2-4,10,12-13,36H2,1H3,(H,40,46)(H,41,48)(H,42,49)(H4,37,38,43)/t23-/m1/s1. The van der Waals surface area contributed by atoms with Gasteiger partial charge in [0.1, 0.15) is 6.33 Å². The molecule has 0 fully saturated rings. The number of hydrogen-bond acceptors (Lipinski definition) is 10. The van der Waals surface area contributed by atoms with Gasteiger partial charge in [-0.1, -0.05) is 6.92 Å². The Morgan fingerprint density at radius 3 is 2.58 bits per heavy atom. The van der Waals surface area contributed by atoms with Crippen LogP contribution in [0.4, 0.5) is 20.3 Å². The van der Waals surface area contributed by atoms with Gasteiger partial charge < -0.3 is 37.5 Å². The van der Waals surface area contributed by atoms with E-state index < -0.39 is 17.7 Å². The number of nitrogens with one attached hydrogen (secondary N) is 5. The lowest BCUT2D eigenvalue weighted by atomic mass is 10.0. The number of amides is 2. The first kappa shape index (κ1) is 35.1. The van der Waals surface area contributed by atoms with Crippen molar-refractivity contribution in [2.24, 2.45) is 11.5 Å². The highest BCUT2D eigenvalue weighted by Crippen LogP contribution is 2.33. The zero-order valence-electron chi connectivity index (χ0n) is 27.0. The SMILES string of the molecule is CCc1cc(Nc2nccn3c(-c4ccc(Oc5ccncn5)c(F)c4F)cnc23)ccc1C(=O)NCCNC(=O)[C@H](N)CCCNC(=N)N. The van der Waals surface area contributed by atoms with E-state index in [-0.39, 0.29) is 53.8 Å². The fraction of sp³-hybridized carbons (Fsp3) is 0.242. The number of guanidine groups is 1. The highest BCUT2D eigenvalue weighted by Gasteiger charge is 2.21. The van der Waals surface area contributed by atoms with Crippen LogP contribution in [0.15, 0.2) is 67.5 Å². The largest absolute Gasteiger partial charge is 0.436 e. The monoisotopic (exact) mass is 686 g/mol. The molecule has 0 unspecified atom stereocenters. The van der Waals surface area contributed by atoms with E-state index >= 15 is 8.78 Å². The summed E-state index contributed by atoms with van der Waals surface area (Å²) in [7, 11) is 0. The number of anilines is 2. The second kappa shape index (κ2) is 16.2. The van der Waals surface area contributed by atoms with Crippen LogP contribution in [-0.4, -0.2) is 67.8 Å². The van der Waals surface area contributed by atoms with E-state index in [0.29, 0.717) is 48.5 Å². The molecule has 50 heavy (non-hydrogen) atoms. The molecule has 3 aromatic heterocycles. The summed E-state index contributed by atoms with van der Waals surface area (Å²) in [6.45, 7) is 2.76. The first-order chi connectivity index (χ1) is 24.2. The average Bonchev–Trinajstić information content (AvgIpc) is 3.55. The number of carbonyl (C=O) groups excluding carboxylic acids is 2. The fourth-order valence-electron chi connectivity index (χ4n) is 5.05. The Balaban J connectivity index is 1.22. The number of ether oxygens (including phenoxy) is 1. The van der Waals surface area contributed by atoms with Gasteiger partial charge in [0, 0.05) is 61.1 Å². The van der Waals surface area contributed by atoms with Crippen LogP contribution in [0.2, 0.25) is 0 Å². The lowest BCUT2D eigenvalue weighted by molar-refractivity contribution is -0.122. The van der Waals surface area contributed by atoms with Crippen molar-refractivity contribution in [2.75, 3.05) is 25.0 Å². The molecular formula is C33H36F2N12O3. The number of carbonyl (C=O) groups is 2. The summed E-state index contributed by atoms with van der Waals surface area (Å²) in [6, 6.07) is 8.63. The molecule has 0 radical (unpaired) electrons. The Labute approximate surface area is 285 Å². The van der Waals surface area contributed by atoms with E-state index in [4.69, 9.17) is 21.6 Å². The van der Waals surface area contributed by atoms with Crippen LogP contribution in [-0.2, 0) is 11.2 Å². The van der Waals surface area contributed by atoms with Crippen LogP contribution in [0.1, 0.15) is 35.7 Å². The van der Waals surface area contributed by atoms with Crippen molar-refractivity contribution in [1.82, 2.24) is 40.3 Å². The number of rotatable bonds is 15. The Morgan fingerprint density at radius 1 is 1.00 bits per heavy atom. The molecule has 0 aliphatic carbocycles. The van der Waals surface area contributed by atoms with Gasteiger partial charge in [0.2, 0.25) is 17.6 Å². The van der Waals surface area contributed by atoms with Gasteiger partial charge in [-0.2, -0.15) is 4.39 Å². The highest BCUT2D eigenvalue weighted by molar-refractivity contribution is 5.96. The third-order valence-corrected chi connectivity index (χ3v) is 7.57. The minimum Gasteiger partial charge on any atom is -0.436 e. The summed E-state index contributed by atoms with van der Waals surface area (Å²) >= 11 is 0. The van der Waals surface area contributed by atoms with Crippen molar-refractivity contribution in [3.05, 3.63) is 90.3 Å². The van der Waals surface area contributed by atoms with Gasteiger partial charge in [0.25, 0.3) is 5.91 Å². The van der Waals surface area contributed by atoms with E-state index in [1.54, 1.807) is 22.7 Å². The van der Waals surface area contributed by atoms with Gasteiger partial charge in [0.15, 0.2) is 29.0 Å². The number of aromatic nitrogens is 5. The molecule has 1 atom stereocenters. The zero-order valence-corrected chi connectivity index (χ0v) is 27.0. The molecule has 0 aliphatic rings. The molecule has 9 N–H and O–H groups in total. The highest BCUT2D eigenvalue weighted by atomic mass is 19.2. The maximum absolute atomic E-state index is 15.3. The number of nitrogens with zero attached hydrogens (tertiary/aromatic N) is 5. The zero-order chi connectivity index (χ0) is 35.6. The van der Waals surface area contributed by atoms with Gasteiger partial charge in [-0.3, -0.25) is 19.4 Å². The number of benzene rings is 2. The molecule has 15 nitrogen and oxygen atoms in total. The normalized spacial score (nSPS) is 11.5. The number of halogens is 2. The van der Waals surface area contributed by atoms with Gasteiger partial charge in [-0.25, -0.2) is 24.3 Å². The predicted octanol–water partition coefficient (Wildman–Crippen LogP) is 3.00. The summed E-state index contributed by atoms with van der Waals surface area (Å²) in [5.74, 6) is -2.98. The molecule has 5 rings (SSSR count). The predicted molar refractivity (Wildman–Crippen MR) is 182 cm³/mol. The minimum atomic E-state index is -1.18. The number of aryl methyl sites for hydroxylation is 1. The van der Waals surface area contributed by atoms with Gasteiger partial charge in [-0.15, -0.1) is 0 Å². The molecule has 0 saturated carbocycles. The summed E-state index contributed by atoms with van der Waals surface area (Å²) < 4.78 is 37.3. The molecule has 2 aromatic carbocycles. The number of imidazole rings is 1. The van der Waals surface area contributed by atoms with E-state index in [2.05, 4.69) is 41.2 Å². The van der Waals surface area contributed by atoms with Crippen LogP contribution in [0.5, 0.6) is 11.6 Å². The van der Waals surface area contributed by atoms with Crippen molar-refractivity contribution in [3.8, 4) is 22.9 Å². The van der Waals surface area contributed by atoms with Crippen LogP contribution in [0.25, 0.3) is 16.9 Å². The molecule has 3 heterocycles. The second-order valence-corrected chi connectivity index (χ2v) is 11.0. The lowest BCUT2D eigenvalue weighted by Gasteiger charge is -2.14. The third kappa shape index (κ3) is 8.43. The maximum Gasteiger partial charge on any atom is 0.251 e. The topological polar surface area (TPSA) is 223 Å². The molecule has 0 saturated heterocycles. The van der Waals surface area contributed by atoms with Crippen molar-refractivity contribution in [2.45, 2.75) is 32.2 Å². The van der Waals surface area contributed by atoms with Crippen molar-refractivity contribution in [1.29, 1.82) is 5.41 Å². The lowest BCUT2D eigenvalue weighted by Crippen LogP contribution is -2.44. The van der Waals surface area contributed by atoms with Crippen molar-refractivity contribution in [3.63, 3.8) is 0 Å². The van der Waals surface area contributed by atoms with E-state index in [1.165, 1.54) is 43.1 Å². The van der Waals surface area contributed by atoms with Gasteiger partial charge in [0.05, 0.1) is 17.9 Å².